The zero-order chi connectivity index (χ0) is 7.68. The van der Waals surface area contributed by atoms with Crippen LogP contribution in [0.15, 0.2) is 12.2 Å². The van der Waals surface area contributed by atoms with Crippen molar-refractivity contribution in [2.75, 3.05) is 6.61 Å². The number of hydrogen-bond acceptors (Lipinski definition) is 1. The van der Waals surface area contributed by atoms with E-state index in [0.717, 1.165) is 24.2 Å². The molecule has 2 aliphatic carbocycles. The molecule has 0 aromatic heterocycles. The maximum atomic E-state index is 8.68. The predicted octanol–water partition coefficient (Wildman–Crippen LogP) is 1.97. The molecular weight excluding hydrogens is 136 g/mol. The minimum Gasteiger partial charge on any atom is -0.396 e. The van der Waals surface area contributed by atoms with E-state index in [9.17, 15) is 0 Å². The van der Waals surface area contributed by atoms with Crippen molar-refractivity contribution in [1.29, 1.82) is 0 Å². The molecule has 1 fully saturated rings. The molecule has 3 atom stereocenters. The molecule has 0 aromatic rings. The van der Waals surface area contributed by atoms with Crippen molar-refractivity contribution >= 4 is 0 Å². The molecule has 0 unspecified atom stereocenters. The summed E-state index contributed by atoms with van der Waals surface area (Å²) in [6, 6.07) is 0. The first-order chi connectivity index (χ1) is 5.40. The second-order valence-electron chi connectivity index (χ2n) is 3.91. The van der Waals surface area contributed by atoms with Gasteiger partial charge >= 0.3 is 0 Å². The molecule has 0 amide bonds. The summed E-state index contributed by atoms with van der Waals surface area (Å²) in [4.78, 5) is 0. The standard InChI is InChI=1S/C10H16O/c11-5-1-2-9-6-8-3-4-10(9)7-8/h3-4,8-11H,1-2,5-7H2/t8-,9+,10-/m1/s1. The van der Waals surface area contributed by atoms with Gasteiger partial charge in [-0.05, 0) is 43.4 Å². The molecule has 0 saturated heterocycles. The number of aliphatic hydroxyl groups excluding tert-OH is 1. The van der Waals surface area contributed by atoms with Gasteiger partial charge in [0.2, 0.25) is 0 Å². The Morgan fingerprint density at radius 3 is 2.73 bits per heavy atom. The molecular formula is C10H16O. The van der Waals surface area contributed by atoms with Gasteiger partial charge in [-0.1, -0.05) is 12.2 Å². The number of hydrogen-bond donors (Lipinski definition) is 1. The van der Waals surface area contributed by atoms with Gasteiger partial charge < -0.3 is 5.11 Å². The van der Waals surface area contributed by atoms with E-state index >= 15 is 0 Å². The Kier molecular flexibility index (Phi) is 1.99. The van der Waals surface area contributed by atoms with Crippen LogP contribution in [0.2, 0.25) is 0 Å². The summed E-state index contributed by atoms with van der Waals surface area (Å²) in [6.07, 6.45) is 9.79. The summed E-state index contributed by atoms with van der Waals surface area (Å²) in [7, 11) is 0. The molecule has 2 aliphatic rings. The van der Waals surface area contributed by atoms with Crippen LogP contribution in [-0.4, -0.2) is 11.7 Å². The Balaban J connectivity index is 1.84. The SMILES string of the molecule is OCCC[C@H]1C[C@H]2C=C[C@@H]1C2. The van der Waals surface area contributed by atoms with Gasteiger partial charge in [-0.3, -0.25) is 0 Å². The molecule has 0 heterocycles. The van der Waals surface area contributed by atoms with Crippen LogP contribution < -0.4 is 0 Å². The molecule has 1 saturated carbocycles. The summed E-state index contributed by atoms with van der Waals surface area (Å²) < 4.78 is 0. The van der Waals surface area contributed by atoms with Crippen LogP contribution in [0.3, 0.4) is 0 Å². The first-order valence-corrected chi connectivity index (χ1v) is 4.69. The lowest BCUT2D eigenvalue weighted by Crippen LogP contribution is -2.07. The average molecular weight is 152 g/mol. The van der Waals surface area contributed by atoms with Crippen LogP contribution >= 0.6 is 0 Å². The fraction of sp³-hybridized carbons (Fsp3) is 0.800. The number of allylic oxidation sites excluding steroid dienone is 2. The van der Waals surface area contributed by atoms with Gasteiger partial charge in [0.15, 0.2) is 0 Å². The Morgan fingerprint density at radius 1 is 1.27 bits per heavy atom. The topological polar surface area (TPSA) is 20.2 Å². The molecule has 0 aliphatic heterocycles. The van der Waals surface area contributed by atoms with Crippen LogP contribution in [0, 0.1) is 17.8 Å². The summed E-state index contributed by atoms with van der Waals surface area (Å²) >= 11 is 0. The van der Waals surface area contributed by atoms with Crippen molar-refractivity contribution in [3.05, 3.63) is 12.2 Å². The molecule has 0 radical (unpaired) electrons. The maximum absolute atomic E-state index is 8.68. The fourth-order valence-electron chi connectivity index (χ4n) is 2.58. The maximum Gasteiger partial charge on any atom is 0.0431 e. The zero-order valence-electron chi connectivity index (χ0n) is 6.87. The highest BCUT2D eigenvalue weighted by molar-refractivity contribution is 5.09. The first kappa shape index (κ1) is 7.35. The Hall–Kier alpha value is -0.300. The molecule has 1 N–H and O–H groups in total. The monoisotopic (exact) mass is 152 g/mol. The highest BCUT2D eigenvalue weighted by Gasteiger charge is 2.34. The zero-order valence-corrected chi connectivity index (χ0v) is 6.87. The van der Waals surface area contributed by atoms with Crippen LogP contribution in [0.4, 0.5) is 0 Å². The van der Waals surface area contributed by atoms with Gasteiger partial charge in [-0.15, -0.1) is 0 Å². The Labute approximate surface area is 68.1 Å². The summed E-state index contributed by atoms with van der Waals surface area (Å²) in [5.41, 5.74) is 0. The lowest BCUT2D eigenvalue weighted by Gasteiger charge is -2.16. The van der Waals surface area contributed by atoms with Crippen molar-refractivity contribution in [3.8, 4) is 0 Å². The third-order valence-electron chi connectivity index (χ3n) is 3.15. The highest BCUT2D eigenvalue weighted by Crippen LogP contribution is 2.45. The third kappa shape index (κ3) is 1.34. The van der Waals surface area contributed by atoms with E-state index in [2.05, 4.69) is 12.2 Å². The average Bonchev–Trinajstić information content (AvgIpc) is 2.60. The molecule has 1 heteroatoms. The summed E-state index contributed by atoms with van der Waals surface area (Å²) in [5.74, 6) is 2.66. The van der Waals surface area contributed by atoms with E-state index in [4.69, 9.17) is 5.11 Å². The van der Waals surface area contributed by atoms with Gasteiger partial charge in [-0.2, -0.15) is 0 Å². The van der Waals surface area contributed by atoms with Crippen molar-refractivity contribution in [1.82, 2.24) is 0 Å². The molecule has 1 nitrogen and oxygen atoms in total. The van der Waals surface area contributed by atoms with Crippen LogP contribution in [0.5, 0.6) is 0 Å². The van der Waals surface area contributed by atoms with E-state index in [-0.39, 0.29) is 0 Å². The van der Waals surface area contributed by atoms with Gasteiger partial charge in [0.1, 0.15) is 0 Å². The third-order valence-corrected chi connectivity index (χ3v) is 3.15. The quantitative estimate of drug-likeness (QED) is 0.613. The van der Waals surface area contributed by atoms with E-state index in [1.807, 2.05) is 0 Å². The van der Waals surface area contributed by atoms with E-state index in [1.165, 1.54) is 19.3 Å². The number of aliphatic hydroxyl groups is 1. The van der Waals surface area contributed by atoms with E-state index in [1.54, 1.807) is 0 Å². The molecule has 0 spiro atoms. The molecule has 0 aromatic carbocycles. The Bertz CT molecular complexity index is 162. The number of rotatable bonds is 3. The minimum absolute atomic E-state index is 0.373. The van der Waals surface area contributed by atoms with Gasteiger partial charge in [0.25, 0.3) is 0 Å². The van der Waals surface area contributed by atoms with E-state index < -0.39 is 0 Å². The Morgan fingerprint density at radius 2 is 2.18 bits per heavy atom. The lowest BCUT2D eigenvalue weighted by molar-refractivity contribution is 0.264. The highest BCUT2D eigenvalue weighted by atomic mass is 16.2. The minimum atomic E-state index is 0.373. The normalized spacial score (nSPS) is 40.3. The fourth-order valence-corrected chi connectivity index (χ4v) is 2.58. The van der Waals surface area contributed by atoms with E-state index in [0.29, 0.717) is 6.61 Å². The molecule has 11 heavy (non-hydrogen) atoms. The first-order valence-electron chi connectivity index (χ1n) is 4.69. The molecule has 62 valence electrons. The second-order valence-corrected chi connectivity index (χ2v) is 3.91. The summed E-state index contributed by atoms with van der Waals surface area (Å²) in [5, 5.41) is 8.68. The number of fused-ring (bicyclic) bond motifs is 2. The molecule has 2 rings (SSSR count). The smallest absolute Gasteiger partial charge is 0.0431 e. The lowest BCUT2D eigenvalue weighted by atomic mass is 9.90. The van der Waals surface area contributed by atoms with Crippen molar-refractivity contribution in [3.63, 3.8) is 0 Å². The van der Waals surface area contributed by atoms with Crippen molar-refractivity contribution < 1.29 is 5.11 Å². The summed E-state index contributed by atoms with van der Waals surface area (Å²) in [6.45, 7) is 0.373. The van der Waals surface area contributed by atoms with Crippen molar-refractivity contribution in [2.24, 2.45) is 17.8 Å². The van der Waals surface area contributed by atoms with Gasteiger partial charge in [0, 0.05) is 6.61 Å². The molecule has 2 bridgehead atoms. The van der Waals surface area contributed by atoms with Gasteiger partial charge in [0.05, 0.1) is 0 Å². The van der Waals surface area contributed by atoms with Crippen LogP contribution in [0.1, 0.15) is 25.7 Å². The largest absolute Gasteiger partial charge is 0.396 e. The van der Waals surface area contributed by atoms with Crippen molar-refractivity contribution in [2.45, 2.75) is 25.7 Å². The van der Waals surface area contributed by atoms with Crippen LogP contribution in [-0.2, 0) is 0 Å². The van der Waals surface area contributed by atoms with Crippen LogP contribution in [0.25, 0.3) is 0 Å². The predicted molar refractivity (Wildman–Crippen MR) is 45.2 cm³/mol. The van der Waals surface area contributed by atoms with Gasteiger partial charge in [-0.25, -0.2) is 0 Å². The second kappa shape index (κ2) is 2.98.